The number of carbonyl (C=O) groups is 1. The maximum Gasteiger partial charge on any atom is 0.339 e. The van der Waals surface area contributed by atoms with Crippen LogP contribution in [0.15, 0.2) is 16.7 Å². The highest BCUT2D eigenvalue weighted by molar-refractivity contribution is 6.01. The number of aromatic carboxylic acids is 1. The number of hydrogen-bond donors (Lipinski definition) is 1. The third-order valence-electron chi connectivity index (χ3n) is 1.97. The second-order valence-electron chi connectivity index (χ2n) is 2.87. The molecular weight excluding hydrogens is 189 g/mol. The fourth-order valence-corrected chi connectivity index (χ4v) is 1.32. The first-order valence-corrected chi connectivity index (χ1v) is 3.89. The standard InChI is InChI=1S/C9H6FNO3/c1-4-7-6(10)3-2-5(9(12)13)8(7)14-11-4/h2-3H,1H3,(H,12,13). The zero-order chi connectivity index (χ0) is 10.3. The van der Waals surface area contributed by atoms with Crippen molar-refractivity contribution in [3.05, 3.63) is 29.2 Å². The van der Waals surface area contributed by atoms with Gasteiger partial charge in [0, 0.05) is 0 Å². The molecule has 0 radical (unpaired) electrons. The number of benzene rings is 1. The smallest absolute Gasteiger partial charge is 0.339 e. The monoisotopic (exact) mass is 195 g/mol. The lowest BCUT2D eigenvalue weighted by Gasteiger charge is -1.95. The van der Waals surface area contributed by atoms with Crippen molar-refractivity contribution in [2.75, 3.05) is 0 Å². The van der Waals surface area contributed by atoms with Crippen molar-refractivity contribution < 1.29 is 18.8 Å². The molecule has 1 aromatic carbocycles. The summed E-state index contributed by atoms with van der Waals surface area (Å²) in [4.78, 5) is 10.7. The van der Waals surface area contributed by atoms with E-state index in [-0.39, 0.29) is 16.5 Å². The Balaban J connectivity index is 2.90. The molecule has 2 aromatic rings. The van der Waals surface area contributed by atoms with Crippen LogP contribution in [0.1, 0.15) is 16.1 Å². The van der Waals surface area contributed by atoms with E-state index in [4.69, 9.17) is 9.63 Å². The van der Waals surface area contributed by atoms with Crippen molar-refractivity contribution in [1.29, 1.82) is 0 Å². The highest BCUT2D eigenvalue weighted by Gasteiger charge is 2.17. The fourth-order valence-electron chi connectivity index (χ4n) is 1.32. The molecule has 0 unspecified atom stereocenters. The Bertz CT molecular complexity index is 518. The zero-order valence-electron chi connectivity index (χ0n) is 7.24. The molecular formula is C9H6FNO3. The van der Waals surface area contributed by atoms with Gasteiger partial charge in [0.2, 0.25) is 0 Å². The Morgan fingerprint density at radius 3 is 2.93 bits per heavy atom. The highest BCUT2D eigenvalue weighted by atomic mass is 19.1. The normalized spacial score (nSPS) is 10.7. The SMILES string of the molecule is Cc1noc2c(C(=O)O)ccc(F)c12. The second kappa shape index (κ2) is 2.80. The minimum absolute atomic E-state index is 0.0185. The van der Waals surface area contributed by atoms with Crippen molar-refractivity contribution in [2.45, 2.75) is 6.92 Å². The van der Waals surface area contributed by atoms with Crippen LogP contribution in [-0.4, -0.2) is 16.2 Å². The Labute approximate surface area is 77.9 Å². The largest absolute Gasteiger partial charge is 0.478 e. The molecule has 4 nitrogen and oxygen atoms in total. The van der Waals surface area contributed by atoms with E-state index < -0.39 is 11.8 Å². The van der Waals surface area contributed by atoms with E-state index in [0.29, 0.717) is 5.69 Å². The van der Waals surface area contributed by atoms with Crippen molar-refractivity contribution in [2.24, 2.45) is 0 Å². The molecule has 0 atom stereocenters. The third-order valence-corrected chi connectivity index (χ3v) is 1.97. The summed E-state index contributed by atoms with van der Waals surface area (Å²) >= 11 is 0. The lowest BCUT2D eigenvalue weighted by Crippen LogP contribution is -1.97. The quantitative estimate of drug-likeness (QED) is 0.755. The van der Waals surface area contributed by atoms with Gasteiger partial charge in [-0.3, -0.25) is 0 Å². The summed E-state index contributed by atoms with van der Waals surface area (Å²) in [5.41, 5.74) is 0.248. The predicted molar refractivity (Wildman–Crippen MR) is 45.7 cm³/mol. The number of halogens is 1. The van der Waals surface area contributed by atoms with Gasteiger partial charge >= 0.3 is 5.97 Å². The number of fused-ring (bicyclic) bond motifs is 1. The van der Waals surface area contributed by atoms with E-state index in [1.807, 2.05) is 0 Å². The minimum atomic E-state index is -1.16. The van der Waals surface area contributed by atoms with E-state index in [2.05, 4.69) is 5.16 Å². The maximum atomic E-state index is 13.2. The van der Waals surface area contributed by atoms with Crippen LogP contribution in [0.4, 0.5) is 4.39 Å². The Morgan fingerprint density at radius 2 is 2.29 bits per heavy atom. The summed E-state index contributed by atoms with van der Waals surface area (Å²) in [7, 11) is 0. The third kappa shape index (κ3) is 1.06. The van der Waals surface area contributed by atoms with Gasteiger partial charge in [-0.25, -0.2) is 9.18 Å². The van der Waals surface area contributed by atoms with Crippen LogP contribution in [0, 0.1) is 12.7 Å². The van der Waals surface area contributed by atoms with E-state index in [1.165, 1.54) is 0 Å². The molecule has 0 aliphatic carbocycles. The molecule has 1 aromatic heterocycles. The number of rotatable bonds is 1. The van der Waals surface area contributed by atoms with Crippen molar-refractivity contribution in [3.63, 3.8) is 0 Å². The summed E-state index contributed by atoms with van der Waals surface area (Å²) < 4.78 is 18.0. The number of nitrogens with zero attached hydrogens (tertiary/aromatic N) is 1. The van der Waals surface area contributed by atoms with Crippen LogP contribution < -0.4 is 0 Å². The Morgan fingerprint density at radius 1 is 1.57 bits per heavy atom. The van der Waals surface area contributed by atoms with E-state index in [1.54, 1.807) is 6.92 Å². The average Bonchev–Trinajstić information content (AvgIpc) is 2.49. The van der Waals surface area contributed by atoms with Crippen molar-refractivity contribution >= 4 is 16.9 Å². The number of carboxylic acid groups (broad SMARTS) is 1. The van der Waals surface area contributed by atoms with Crippen LogP contribution in [0.25, 0.3) is 11.0 Å². The van der Waals surface area contributed by atoms with E-state index in [9.17, 15) is 9.18 Å². The van der Waals surface area contributed by atoms with Crippen molar-refractivity contribution in [3.8, 4) is 0 Å². The first-order chi connectivity index (χ1) is 6.61. The van der Waals surface area contributed by atoms with Gasteiger partial charge in [0.25, 0.3) is 0 Å². The van der Waals surface area contributed by atoms with Crippen LogP contribution >= 0.6 is 0 Å². The van der Waals surface area contributed by atoms with Gasteiger partial charge in [0.1, 0.15) is 11.4 Å². The molecule has 5 heteroatoms. The summed E-state index contributed by atoms with van der Waals surface area (Å²) in [5.74, 6) is -1.69. The number of aryl methyl sites for hydroxylation is 1. The number of hydrogen-bond acceptors (Lipinski definition) is 3. The van der Waals surface area contributed by atoms with Crippen LogP contribution in [0.3, 0.4) is 0 Å². The first-order valence-electron chi connectivity index (χ1n) is 3.89. The van der Waals surface area contributed by atoms with Gasteiger partial charge < -0.3 is 9.63 Å². The molecule has 0 saturated carbocycles. The summed E-state index contributed by atoms with van der Waals surface area (Å²) in [6.07, 6.45) is 0. The Kier molecular flexibility index (Phi) is 1.73. The number of carboxylic acids is 1. The molecule has 1 heterocycles. The van der Waals surface area contributed by atoms with Gasteiger partial charge in [-0.2, -0.15) is 0 Å². The predicted octanol–water partition coefficient (Wildman–Crippen LogP) is 1.97. The van der Waals surface area contributed by atoms with E-state index in [0.717, 1.165) is 12.1 Å². The molecule has 0 amide bonds. The molecule has 14 heavy (non-hydrogen) atoms. The van der Waals surface area contributed by atoms with Gasteiger partial charge in [-0.15, -0.1) is 0 Å². The lowest BCUT2D eigenvalue weighted by molar-refractivity contribution is 0.0697. The molecule has 1 N–H and O–H groups in total. The summed E-state index contributed by atoms with van der Waals surface area (Å²) in [6.45, 7) is 1.56. The molecule has 0 aliphatic heterocycles. The second-order valence-corrected chi connectivity index (χ2v) is 2.87. The molecule has 72 valence electrons. The van der Waals surface area contributed by atoms with Gasteiger partial charge in [0.15, 0.2) is 5.58 Å². The summed E-state index contributed by atoms with van der Waals surface area (Å²) in [5, 5.41) is 12.4. The molecule has 0 fully saturated rings. The maximum absolute atomic E-state index is 13.2. The lowest BCUT2D eigenvalue weighted by atomic mass is 10.1. The van der Waals surface area contributed by atoms with Gasteiger partial charge in [-0.1, -0.05) is 5.16 Å². The average molecular weight is 195 g/mol. The van der Waals surface area contributed by atoms with Gasteiger partial charge in [0.05, 0.1) is 11.1 Å². The Hall–Kier alpha value is -1.91. The van der Waals surface area contributed by atoms with Crippen LogP contribution in [-0.2, 0) is 0 Å². The molecule has 2 rings (SSSR count). The van der Waals surface area contributed by atoms with Gasteiger partial charge in [-0.05, 0) is 19.1 Å². The van der Waals surface area contributed by atoms with Crippen LogP contribution in [0.5, 0.6) is 0 Å². The highest BCUT2D eigenvalue weighted by Crippen LogP contribution is 2.24. The summed E-state index contributed by atoms with van der Waals surface area (Å²) in [6, 6.07) is 2.25. The zero-order valence-corrected chi connectivity index (χ0v) is 7.24. The fraction of sp³-hybridized carbons (Fsp3) is 0.111. The first kappa shape index (κ1) is 8.68. The molecule has 0 spiro atoms. The van der Waals surface area contributed by atoms with Crippen LogP contribution in [0.2, 0.25) is 0 Å². The molecule has 0 aliphatic rings. The minimum Gasteiger partial charge on any atom is -0.478 e. The topological polar surface area (TPSA) is 63.3 Å². The van der Waals surface area contributed by atoms with Crippen molar-refractivity contribution in [1.82, 2.24) is 5.16 Å². The number of aromatic nitrogens is 1. The van der Waals surface area contributed by atoms with E-state index >= 15 is 0 Å². The molecule has 0 bridgehead atoms. The molecule has 0 saturated heterocycles.